The van der Waals surface area contributed by atoms with Crippen LogP contribution < -0.4 is 10.6 Å². The number of rotatable bonds is 3. The van der Waals surface area contributed by atoms with Crippen molar-refractivity contribution in [3.8, 4) is 0 Å². The van der Waals surface area contributed by atoms with E-state index in [2.05, 4.69) is 10.6 Å². The normalized spacial score (nSPS) is 17.7. The van der Waals surface area contributed by atoms with Gasteiger partial charge in [-0.05, 0) is 23.9 Å². The van der Waals surface area contributed by atoms with Gasteiger partial charge in [0.2, 0.25) is 11.8 Å². The summed E-state index contributed by atoms with van der Waals surface area (Å²) in [6, 6.07) is 7.09. The molecule has 1 aromatic heterocycles. The van der Waals surface area contributed by atoms with Gasteiger partial charge in [-0.2, -0.15) is 0 Å². The number of hydrogen-bond acceptors (Lipinski definition) is 4. The number of amides is 3. The third-order valence-corrected chi connectivity index (χ3v) is 5.55. The minimum absolute atomic E-state index is 0.0297. The fourth-order valence-electron chi connectivity index (χ4n) is 2.95. The summed E-state index contributed by atoms with van der Waals surface area (Å²) in [5.74, 6) is -0.725. The molecule has 2 aromatic rings. The highest BCUT2D eigenvalue weighted by Gasteiger charge is 2.36. The molecule has 3 amide bonds. The van der Waals surface area contributed by atoms with Crippen LogP contribution in [0.25, 0.3) is 10.1 Å². The molecule has 1 aromatic carbocycles. The van der Waals surface area contributed by atoms with E-state index in [-0.39, 0.29) is 24.1 Å². The number of piperazine rings is 1. The highest BCUT2D eigenvalue weighted by molar-refractivity contribution is 7.21. The molecule has 2 N–H and O–H groups in total. The van der Waals surface area contributed by atoms with E-state index in [4.69, 9.17) is 0 Å². The van der Waals surface area contributed by atoms with E-state index in [9.17, 15) is 14.4 Å². The quantitative estimate of drug-likeness (QED) is 0.880. The second kappa shape index (κ2) is 6.60. The molecule has 1 saturated heterocycles. The van der Waals surface area contributed by atoms with Crippen molar-refractivity contribution < 1.29 is 14.4 Å². The van der Waals surface area contributed by atoms with Crippen LogP contribution in [0.15, 0.2) is 24.3 Å². The molecular weight excluding hydrogens is 326 g/mol. The van der Waals surface area contributed by atoms with Gasteiger partial charge in [0.15, 0.2) is 0 Å². The van der Waals surface area contributed by atoms with Crippen LogP contribution in [-0.2, 0) is 9.59 Å². The molecule has 0 aliphatic carbocycles. The van der Waals surface area contributed by atoms with Crippen molar-refractivity contribution in [2.75, 3.05) is 20.1 Å². The standard InChI is InChI=1S/C17H19N3O3S/c1-10-11-5-3-4-6-13(11)24-15(10)17(23)20-8-7-19-16(22)12(20)9-14(21)18-2/h3-6,12H,7-9H2,1-2H3,(H,18,21)(H,19,22)/t12-/m1/s1. The Kier molecular flexibility index (Phi) is 4.53. The zero-order chi connectivity index (χ0) is 17.3. The highest BCUT2D eigenvalue weighted by atomic mass is 32.1. The average Bonchev–Trinajstić information content (AvgIpc) is 2.93. The number of benzene rings is 1. The number of carbonyl (C=O) groups is 3. The maximum Gasteiger partial charge on any atom is 0.264 e. The summed E-state index contributed by atoms with van der Waals surface area (Å²) in [7, 11) is 1.52. The first-order valence-electron chi connectivity index (χ1n) is 7.80. The van der Waals surface area contributed by atoms with E-state index < -0.39 is 6.04 Å². The van der Waals surface area contributed by atoms with Gasteiger partial charge in [-0.3, -0.25) is 14.4 Å². The van der Waals surface area contributed by atoms with Gasteiger partial charge in [0, 0.05) is 24.8 Å². The number of carbonyl (C=O) groups excluding carboxylic acids is 3. The topological polar surface area (TPSA) is 78.5 Å². The van der Waals surface area contributed by atoms with E-state index in [0.717, 1.165) is 15.6 Å². The fourth-order valence-corrected chi connectivity index (χ4v) is 4.11. The zero-order valence-electron chi connectivity index (χ0n) is 13.6. The number of hydrogen-bond donors (Lipinski definition) is 2. The van der Waals surface area contributed by atoms with Crippen molar-refractivity contribution in [2.45, 2.75) is 19.4 Å². The third kappa shape index (κ3) is 2.87. The number of aryl methyl sites for hydroxylation is 1. The highest BCUT2D eigenvalue weighted by Crippen LogP contribution is 2.32. The Bertz CT molecular complexity index is 815. The molecule has 0 spiro atoms. The van der Waals surface area contributed by atoms with E-state index >= 15 is 0 Å². The molecule has 1 aliphatic rings. The van der Waals surface area contributed by atoms with Crippen molar-refractivity contribution in [1.82, 2.24) is 15.5 Å². The molecule has 3 rings (SSSR count). The molecule has 1 atom stereocenters. The molecule has 0 unspecified atom stereocenters. The predicted molar refractivity (Wildman–Crippen MR) is 93.1 cm³/mol. The third-order valence-electron chi connectivity index (χ3n) is 4.29. The van der Waals surface area contributed by atoms with Crippen LogP contribution in [-0.4, -0.2) is 48.8 Å². The van der Waals surface area contributed by atoms with Crippen LogP contribution >= 0.6 is 11.3 Å². The number of nitrogens with zero attached hydrogens (tertiary/aromatic N) is 1. The lowest BCUT2D eigenvalue weighted by atomic mass is 10.1. The lowest BCUT2D eigenvalue weighted by Crippen LogP contribution is -2.58. The van der Waals surface area contributed by atoms with Gasteiger partial charge in [-0.1, -0.05) is 18.2 Å². The number of thiophene rings is 1. The Morgan fingerprint density at radius 1 is 1.38 bits per heavy atom. The summed E-state index contributed by atoms with van der Waals surface area (Å²) < 4.78 is 1.04. The van der Waals surface area contributed by atoms with Crippen LogP contribution in [0.3, 0.4) is 0 Å². The summed E-state index contributed by atoms with van der Waals surface area (Å²) in [6.45, 7) is 2.72. The lowest BCUT2D eigenvalue weighted by molar-refractivity contribution is -0.132. The molecule has 0 radical (unpaired) electrons. The lowest BCUT2D eigenvalue weighted by Gasteiger charge is -2.34. The van der Waals surface area contributed by atoms with Gasteiger partial charge in [-0.25, -0.2) is 0 Å². The van der Waals surface area contributed by atoms with Crippen LogP contribution in [0.4, 0.5) is 0 Å². The Morgan fingerprint density at radius 3 is 2.83 bits per heavy atom. The summed E-state index contributed by atoms with van der Waals surface area (Å²) in [4.78, 5) is 39.1. The minimum Gasteiger partial charge on any atom is -0.359 e. The van der Waals surface area contributed by atoms with Crippen molar-refractivity contribution in [2.24, 2.45) is 0 Å². The summed E-state index contributed by atoms with van der Waals surface area (Å²) >= 11 is 1.43. The molecule has 6 nitrogen and oxygen atoms in total. The SMILES string of the molecule is CNC(=O)C[C@@H]1C(=O)NCCN1C(=O)c1sc2ccccc2c1C. The van der Waals surface area contributed by atoms with Crippen molar-refractivity contribution in [3.05, 3.63) is 34.7 Å². The Labute approximate surface area is 143 Å². The summed E-state index contributed by atoms with van der Waals surface area (Å²) in [5.41, 5.74) is 0.922. The van der Waals surface area contributed by atoms with Gasteiger partial charge in [0.1, 0.15) is 6.04 Å². The van der Waals surface area contributed by atoms with Crippen LogP contribution in [0, 0.1) is 6.92 Å². The average molecular weight is 345 g/mol. The maximum atomic E-state index is 13.0. The molecular formula is C17H19N3O3S. The monoisotopic (exact) mass is 345 g/mol. The van der Waals surface area contributed by atoms with E-state index in [1.54, 1.807) is 0 Å². The van der Waals surface area contributed by atoms with Crippen LogP contribution in [0.1, 0.15) is 21.7 Å². The first-order valence-corrected chi connectivity index (χ1v) is 8.62. The van der Waals surface area contributed by atoms with Gasteiger partial charge >= 0.3 is 0 Å². The first-order chi connectivity index (χ1) is 11.5. The fraction of sp³-hybridized carbons (Fsp3) is 0.353. The Hall–Kier alpha value is -2.41. The van der Waals surface area contributed by atoms with Crippen LogP contribution in [0.2, 0.25) is 0 Å². The van der Waals surface area contributed by atoms with Crippen LogP contribution in [0.5, 0.6) is 0 Å². The largest absolute Gasteiger partial charge is 0.359 e. The predicted octanol–water partition coefficient (Wildman–Crippen LogP) is 1.29. The Morgan fingerprint density at radius 2 is 2.12 bits per heavy atom. The van der Waals surface area contributed by atoms with Gasteiger partial charge in [0.05, 0.1) is 11.3 Å². The first kappa shape index (κ1) is 16.4. The number of nitrogens with one attached hydrogen (secondary N) is 2. The number of fused-ring (bicyclic) bond motifs is 1. The van der Waals surface area contributed by atoms with Gasteiger partial charge in [0.25, 0.3) is 5.91 Å². The van der Waals surface area contributed by atoms with Gasteiger partial charge in [-0.15, -0.1) is 11.3 Å². The maximum absolute atomic E-state index is 13.0. The van der Waals surface area contributed by atoms with E-state index in [1.807, 2.05) is 31.2 Å². The second-order valence-corrected chi connectivity index (χ2v) is 6.79. The van der Waals surface area contributed by atoms with Crippen molar-refractivity contribution in [1.29, 1.82) is 0 Å². The smallest absolute Gasteiger partial charge is 0.264 e. The molecule has 2 heterocycles. The summed E-state index contributed by atoms with van der Waals surface area (Å²) in [6.07, 6.45) is -0.0297. The van der Waals surface area contributed by atoms with Gasteiger partial charge < -0.3 is 15.5 Å². The zero-order valence-corrected chi connectivity index (χ0v) is 14.4. The molecule has 1 fully saturated rings. The van der Waals surface area contributed by atoms with E-state index in [0.29, 0.717) is 18.0 Å². The second-order valence-electron chi connectivity index (χ2n) is 5.74. The molecule has 7 heteroatoms. The summed E-state index contributed by atoms with van der Waals surface area (Å²) in [5, 5.41) is 6.29. The minimum atomic E-state index is -0.768. The van der Waals surface area contributed by atoms with E-state index in [1.165, 1.54) is 23.3 Å². The molecule has 0 bridgehead atoms. The Balaban J connectivity index is 1.94. The molecule has 24 heavy (non-hydrogen) atoms. The molecule has 0 saturated carbocycles. The molecule has 1 aliphatic heterocycles. The molecule has 126 valence electrons. The van der Waals surface area contributed by atoms with Crippen molar-refractivity contribution in [3.63, 3.8) is 0 Å². The van der Waals surface area contributed by atoms with Crippen molar-refractivity contribution >= 4 is 39.1 Å².